The summed E-state index contributed by atoms with van der Waals surface area (Å²) in [5.74, 6) is -0.236. The third-order valence-corrected chi connectivity index (χ3v) is 14.9. The van der Waals surface area contributed by atoms with Crippen LogP contribution in [0.5, 0.6) is 0 Å². The van der Waals surface area contributed by atoms with Crippen molar-refractivity contribution in [2.75, 3.05) is 70.5 Å². The van der Waals surface area contributed by atoms with Crippen molar-refractivity contribution in [3.8, 4) is 0 Å². The van der Waals surface area contributed by atoms with E-state index in [9.17, 15) is 4.79 Å². The molecule has 0 aliphatic heterocycles. The minimum atomic E-state index is -2.71. The Kier molecular flexibility index (Phi) is 19.4. The molecule has 15 heteroatoms. The number of amides is 1. The van der Waals surface area contributed by atoms with Gasteiger partial charge in [-0.05, 0) is 38.6 Å². The summed E-state index contributed by atoms with van der Waals surface area (Å²) >= 11 is 0. The molecule has 0 saturated heterocycles. The van der Waals surface area contributed by atoms with Crippen LogP contribution in [0.2, 0.25) is 18.1 Å². The van der Waals surface area contributed by atoms with Crippen molar-refractivity contribution in [1.29, 1.82) is 0 Å². The summed E-state index contributed by atoms with van der Waals surface area (Å²) in [6.45, 7) is 0.472. The van der Waals surface area contributed by atoms with Crippen LogP contribution in [0, 0.1) is 13.0 Å². The Labute approximate surface area is 215 Å². The molecule has 0 fully saturated rings. The second-order valence-corrected chi connectivity index (χ2v) is 17.3. The van der Waals surface area contributed by atoms with Crippen LogP contribution in [-0.2, 0) is 44.6 Å². The summed E-state index contributed by atoms with van der Waals surface area (Å²) in [7, 11) is 10.2. The molecule has 0 bridgehead atoms. The van der Waals surface area contributed by atoms with Gasteiger partial charge >= 0.3 is 26.4 Å². The molecule has 0 rings (SSSR count). The third-order valence-electron chi connectivity index (χ3n) is 6.44. The van der Waals surface area contributed by atoms with E-state index in [1.807, 2.05) is 0 Å². The van der Waals surface area contributed by atoms with Crippen molar-refractivity contribution in [3.05, 3.63) is 7.05 Å². The maximum atomic E-state index is 13.4. The summed E-state index contributed by atoms with van der Waals surface area (Å²) in [5, 5.41) is 0. The van der Waals surface area contributed by atoms with Gasteiger partial charge in [0.1, 0.15) is 0 Å². The fourth-order valence-corrected chi connectivity index (χ4v) is 9.25. The van der Waals surface area contributed by atoms with Gasteiger partial charge in [-0.2, -0.15) is 0 Å². The average molecular weight is 826 g/mol. The Morgan fingerprint density at radius 3 is 1.17 bits per heavy atom. The van der Waals surface area contributed by atoms with E-state index in [0.717, 1.165) is 12.8 Å². The molecule has 11 nitrogen and oxygen atoms in total. The van der Waals surface area contributed by atoms with Gasteiger partial charge in [0.05, 0.1) is 0 Å². The Morgan fingerprint density at radius 1 is 0.611 bits per heavy atom. The molecular formula is C21H48NO10RfSi3-. The van der Waals surface area contributed by atoms with Gasteiger partial charge in [0, 0.05) is 88.0 Å². The quantitative estimate of drug-likeness (QED) is 0.120. The normalized spacial score (nSPS) is 12.6. The zero-order valence-corrected chi connectivity index (χ0v) is 33.3. The molecule has 0 heterocycles. The van der Waals surface area contributed by atoms with Crippen LogP contribution in [0.3, 0.4) is 0 Å². The van der Waals surface area contributed by atoms with E-state index in [1.54, 1.807) is 64.0 Å². The molecule has 0 radical (unpaired) electrons. The minimum absolute atomic E-state index is 0. The first-order valence-corrected chi connectivity index (χ1v) is 17.5. The third kappa shape index (κ3) is 11.0. The molecular weight excluding hydrogens is 777 g/mol. The predicted molar refractivity (Wildman–Crippen MR) is 138 cm³/mol. The molecule has 0 unspecified atom stereocenters. The average Bonchev–Trinajstić information content (AvgIpc) is 2.91. The summed E-state index contributed by atoms with van der Waals surface area (Å²) in [4.78, 5) is 14.9. The zero-order valence-electron chi connectivity index (χ0n) is 23.9. The van der Waals surface area contributed by atoms with E-state index in [1.165, 1.54) is 4.90 Å². The second-order valence-electron chi connectivity index (χ2n) is 8.07. The molecule has 0 saturated carbocycles. The number of hydrogen-bond donors (Lipinski definition) is 0. The molecule has 0 N–H and O–H groups in total. The first-order chi connectivity index (χ1) is 16.7. The van der Waals surface area contributed by atoms with E-state index < -0.39 is 26.4 Å². The van der Waals surface area contributed by atoms with Gasteiger partial charge in [-0.25, -0.2) is 0 Å². The van der Waals surface area contributed by atoms with Gasteiger partial charge in [0.2, 0.25) is 0 Å². The molecule has 0 aliphatic carbocycles. The summed E-state index contributed by atoms with van der Waals surface area (Å²) < 4.78 is 49.5. The van der Waals surface area contributed by atoms with Crippen LogP contribution in [-0.4, -0.2) is 108 Å². The van der Waals surface area contributed by atoms with Crippen LogP contribution in [0.25, 0.3) is 0 Å². The van der Waals surface area contributed by atoms with Gasteiger partial charge < -0.3 is 44.7 Å². The first kappa shape index (κ1) is 36.9. The standard InChI is InChI=1S/C21H48NO10Si3.Rf/c1-22(16-13-19-35(30-8,31-9)32-10)21(23)20(14-11-17-33(24-2,25-3)26-4)15-12-18-34(27-5,28-6)29-7;/h20H,1,11-19H2,2-10H3;/q-1;. The van der Waals surface area contributed by atoms with E-state index in [4.69, 9.17) is 39.8 Å². The summed E-state index contributed by atoms with van der Waals surface area (Å²) in [6, 6.07) is 1.83. The number of carbonyl (C=O) groups is 1. The van der Waals surface area contributed by atoms with E-state index in [-0.39, 0.29) is 11.8 Å². The monoisotopic (exact) mass is 825 g/mol. The van der Waals surface area contributed by atoms with Gasteiger partial charge in [-0.1, -0.05) is 0 Å². The van der Waals surface area contributed by atoms with E-state index >= 15 is 0 Å². The van der Waals surface area contributed by atoms with Gasteiger partial charge in [0.25, 0.3) is 0 Å². The SMILES string of the molecule is [CH2-]N(CCC[Si](OC)(OC)OC)C(=O)C(CCC[Si](OC)(OC)OC)CCC[Si](OC)(OC)OC.[Rf]. The molecule has 212 valence electrons. The molecule has 0 aliphatic rings. The first-order valence-electron chi connectivity index (χ1n) is 11.7. The topological polar surface area (TPSA) is 103 Å². The Hall–Kier alpha value is -1.24. The Balaban J connectivity index is 0. The number of hydrogen-bond acceptors (Lipinski definition) is 10. The van der Waals surface area contributed by atoms with Crippen molar-refractivity contribution in [3.63, 3.8) is 0 Å². The summed E-state index contributed by atoms with van der Waals surface area (Å²) in [5.41, 5.74) is 0. The Morgan fingerprint density at radius 2 is 0.889 bits per heavy atom. The van der Waals surface area contributed by atoms with Crippen molar-refractivity contribution in [1.82, 2.24) is 4.90 Å². The largest absolute Gasteiger partial charge is 0.500 e. The van der Waals surface area contributed by atoms with Crippen LogP contribution in [0.15, 0.2) is 0 Å². The van der Waals surface area contributed by atoms with Crippen molar-refractivity contribution in [2.45, 2.75) is 50.2 Å². The van der Waals surface area contributed by atoms with Crippen LogP contribution in [0.1, 0.15) is 32.1 Å². The molecule has 36 heavy (non-hydrogen) atoms. The second kappa shape index (κ2) is 18.9. The van der Waals surface area contributed by atoms with Gasteiger partial charge in [-0.15, -0.1) is 0 Å². The minimum Gasteiger partial charge on any atom is -0.495 e. The fraction of sp³-hybridized carbons (Fsp3) is 0.905. The molecule has 0 atom stereocenters. The zero-order chi connectivity index (χ0) is 27.0. The number of carbonyl (C=O) groups excluding carboxylic acids is 1. The Bertz CT molecular complexity index is 519. The smallest absolute Gasteiger partial charge is 0.495 e. The van der Waals surface area contributed by atoms with E-state index in [2.05, 4.69) is 7.05 Å². The van der Waals surface area contributed by atoms with Crippen LogP contribution >= 0.6 is 0 Å². The van der Waals surface area contributed by atoms with Crippen LogP contribution in [0.4, 0.5) is 0 Å². The maximum absolute atomic E-state index is 13.4. The van der Waals surface area contributed by atoms with Gasteiger partial charge in [-0.3, -0.25) is 11.8 Å². The van der Waals surface area contributed by atoms with Crippen LogP contribution < -0.4 is 0 Å². The predicted octanol–water partition coefficient (Wildman–Crippen LogP) is 2.81. The van der Waals surface area contributed by atoms with Crippen molar-refractivity contribution < 1.29 is 44.6 Å². The molecule has 0 aromatic heterocycles. The fourth-order valence-electron chi connectivity index (χ4n) is 4.04. The number of rotatable bonds is 22. The molecule has 0 aromatic rings. The summed E-state index contributed by atoms with van der Waals surface area (Å²) in [6.07, 6.45) is 3.42. The van der Waals surface area contributed by atoms with Crippen molar-refractivity contribution in [2.24, 2.45) is 5.92 Å². The molecule has 1 amide bonds. The van der Waals surface area contributed by atoms with Gasteiger partial charge in [0.15, 0.2) is 5.91 Å². The molecule has 0 aromatic carbocycles. The number of nitrogens with zero attached hydrogens (tertiary/aromatic N) is 1. The van der Waals surface area contributed by atoms with E-state index in [0.29, 0.717) is 43.9 Å². The maximum Gasteiger partial charge on any atom is 0.500 e. The molecule has 0 spiro atoms. The van der Waals surface area contributed by atoms with Crippen molar-refractivity contribution >= 4 is 32.3 Å².